The summed E-state index contributed by atoms with van der Waals surface area (Å²) < 4.78 is 27.8. The van der Waals surface area contributed by atoms with Gasteiger partial charge in [-0.25, -0.2) is 8.78 Å². The lowest BCUT2D eigenvalue weighted by atomic mass is 9.74. The van der Waals surface area contributed by atoms with Gasteiger partial charge in [-0.2, -0.15) is 0 Å². The number of hydrogen-bond donors (Lipinski definition) is 2. The topological polar surface area (TPSA) is 58.4 Å². The summed E-state index contributed by atoms with van der Waals surface area (Å²) in [6.07, 6.45) is 4.40. The van der Waals surface area contributed by atoms with Crippen molar-refractivity contribution in [2.45, 2.75) is 50.6 Å². The fourth-order valence-electron chi connectivity index (χ4n) is 3.96. The van der Waals surface area contributed by atoms with E-state index in [4.69, 9.17) is 5.73 Å². The monoisotopic (exact) mass is 409 g/mol. The van der Waals surface area contributed by atoms with Crippen LogP contribution in [0.15, 0.2) is 18.2 Å². The average Bonchev–Trinajstić information content (AvgIpc) is 2.94. The Balaban J connectivity index is 0.00000169. The first-order valence-electron chi connectivity index (χ1n) is 8.67. The molecule has 2 aliphatic rings. The maximum absolute atomic E-state index is 13.9. The third-order valence-electron chi connectivity index (χ3n) is 5.36. The van der Waals surface area contributed by atoms with E-state index in [-0.39, 0.29) is 48.4 Å². The highest BCUT2D eigenvalue weighted by molar-refractivity contribution is 5.85. The lowest BCUT2D eigenvalue weighted by Crippen LogP contribution is -2.54. The van der Waals surface area contributed by atoms with Crippen molar-refractivity contribution >= 4 is 36.4 Å². The second kappa shape index (κ2) is 9.20. The van der Waals surface area contributed by atoms with Crippen LogP contribution in [0, 0.1) is 17.6 Å². The molecule has 0 bridgehead atoms. The second-order valence-electron chi connectivity index (χ2n) is 7.31. The molecular weight excluding hydrogens is 383 g/mol. The highest BCUT2D eigenvalue weighted by atomic mass is 35.5. The molecule has 1 heterocycles. The zero-order valence-electron chi connectivity index (χ0n) is 14.8. The number of carbonyl (C=O) groups is 1. The van der Waals surface area contributed by atoms with Gasteiger partial charge in [0.15, 0.2) is 0 Å². The van der Waals surface area contributed by atoms with E-state index >= 15 is 0 Å². The van der Waals surface area contributed by atoms with E-state index in [0.29, 0.717) is 19.5 Å². The molecule has 3 rings (SSSR count). The molecule has 3 N–H and O–H groups in total. The van der Waals surface area contributed by atoms with E-state index in [1.807, 2.05) is 6.92 Å². The molecule has 0 radical (unpaired) electrons. The van der Waals surface area contributed by atoms with E-state index in [0.717, 1.165) is 25.7 Å². The van der Waals surface area contributed by atoms with Crippen molar-refractivity contribution in [2.24, 2.45) is 11.7 Å². The summed E-state index contributed by atoms with van der Waals surface area (Å²) in [6.45, 7) is 2.87. The maximum Gasteiger partial charge on any atom is 0.225 e. The standard InChI is InChI=1S/C18H25F2N3O.2ClH/c1-18(21)9-3-2-5-13(18)17(24)22-12-8-10-23(11-12)16-14(19)6-4-7-15(16)20;;/h4,6-7,12-13H,2-3,5,8-11,21H2,1H3,(H,22,24);2*1H. The first kappa shape index (κ1) is 22.9. The Hall–Kier alpha value is -1.11. The number of amides is 1. The summed E-state index contributed by atoms with van der Waals surface area (Å²) in [6, 6.07) is 3.77. The molecule has 3 atom stereocenters. The molecule has 1 aromatic carbocycles. The Morgan fingerprint density at radius 1 is 1.23 bits per heavy atom. The Bertz CT molecular complexity index is 610. The molecule has 1 saturated heterocycles. The predicted octanol–water partition coefficient (Wildman–Crippen LogP) is 3.41. The molecule has 0 aromatic heterocycles. The Morgan fingerprint density at radius 3 is 2.50 bits per heavy atom. The van der Waals surface area contributed by atoms with Gasteiger partial charge in [0.2, 0.25) is 5.91 Å². The number of nitrogens with two attached hydrogens (primary N) is 1. The van der Waals surface area contributed by atoms with Crippen LogP contribution < -0.4 is 16.0 Å². The molecular formula is C18H27Cl2F2N3O. The largest absolute Gasteiger partial charge is 0.365 e. The van der Waals surface area contributed by atoms with Crippen molar-refractivity contribution in [3.8, 4) is 0 Å². The summed E-state index contributed by atoms with van der Waals surface area (Å²) >= 11 is 0. The molecule has 1 aliphatic heterocycles. The first-order valence-corrected chi connectivity index (χ1v) is 8.67. The highest BCUT2D eigenvalue weighted by Crippen LogP contribution is 2.32. The molecule has 0 spiro atoms. The third-order valence-corrected chi connectivity index (χ3v) is 5.36. The number of anilines is 1. The fourth-order valence-corrected chi connectivity index (χ4v) is 3.96. The van der Waals surface area contributed by atoms with Crippen LogP contribution in [0.1, 0.15) is 39.0 Å². The van der Waals surface area contributed by atoms with Crippen molar-refractivity contribution in [1.29, 1.82) is 0 Å². The number of hydrogen-bond acceptors (Lipinski definition) is 3. The summed E-state index contributed by atoms with van der Waals surface area (Å²) in [5.74, 6) is -1.35. The van der Waals surface area contributed by atoms with Gasteiger partial charge in [0.1, 0.15) is 17.3 Å². The van der Waals surface area contributed by atoms with Gasteiger partial charge in [0, 0.05) is 24.7 Å². The van der Waals surface area contributed by atoms with Crippen LogP contribution >= 0.6 is 24.8 Å². The van der Waals surface area contributed by atoms with Crippen LogP contribution in [-0.2, 0) is 4.79 Å². The number of para-hydroxylation sites is 1. The van der Waals surface area contributed by atoms with Gasteiger partial charge >= 0.3 is 0 Å². The predicted molar refractivity (Wildman–Crippen MR) is 104 cm³/mol. The van der Waals surface area contributed by atoms with Gasteiger partial charge in [-0.1, -0.05) is 18.9 Å². The molecule has 2 fully saturated rings. The van der Waals surface area contributed by atoms with Gasteiger partial charge in [0.05, 0.1) is 5.92 Å². The number of rotatable bonds is 3. The number of benzene rings is 1. The van der Waals surface area contributed by atoms with E-state index in [9.17, 15) is 13.6 Å². The summed E-state index contributed by atoms with van der Waals surface area (Å²) in [5, 5.41) is 3.04. The summed E-state index contributed by atoms with van der Waals surface area (Å²) in [4.78, 5) is 14.3. The van der Waals surface area contributed by atoms with Crippen LogP contribution in [0.4, 0.5) is 14.5 Å². The molecule has 148 valence electrons. The van der Waals surface area contributed by atoms with Crippen molar-refractivity contribution in [3.63, 3.8) is 0 Å². The van der Waals surface area contributed by atoms with Crippen LogP contribution in [0.5, 0.6) is 0 Å². The lowest BCUT2D eigenvalue weighted by Gasteiger charge is -2.37. The van der Waals surface area contributed by atoms with Crippen LogP contribution in [-0.4, -0.2) is 30.6 Å². The van der Waals surface area contributed by atoms with E-state index < -0.39 is 17.2 Å². The van der Waals surface area contributed by atoms with E-state index in [1.165, 1.54) is 18.2 Å². The number of nitrogens with zero attached hydrogens (tertiary/aromatic N) is 1. The van der Waals surface area contributed by atoms with E-state index in [1.54, 1.807) is 4.90 Å². The quantitative estimate of drug-likeness (QED) is 0.803. The van der Waals surface area contributed by atoms with E-state index in [2.05, 4.69) is 5.32 Å². The highest BCUT2D eigenvalue weighted by Gasteiger charge is 2.39. The minimum Gasteiger partial charge on any atom is -0.365 e. The van der Waals surface area contributed by atoms with Gasteiger partial charge in [-0.15, -0.1) is 24.8 Å². The van der Waals surface area contributed by atoms with Gasteiger partial charge < -0.3 is 16.0 Å². The Kier molecular flexibility index (Phi) is 8.11. The van der Waals surface area contributed by atoms with Crippen LogP contribution in [0.25, 0.3) is 0 Å². The Labute approximate surface area is 165 Å². The van der Waals surface area contributed by atoms with Crippen molar-refractivity contribution in [1.82, 2.24) is 5.32 Å². The minimum atomic E-state index is -0.566. The molecule has 4 nitrogen and oxygen atoms in total. The zero-order valence-corrected chi connectivity index (χ0v) is 16.5. The van der Waals surface area contributed by atoms with Crippen molar-refractivity contribution in [3.05, 3.63) is 29.8 Å². The van der Waals surface area contributed by atoms with Gasteiger partial charge in [-0.05, 0) is 38.3 Å². The average molecular weight is 410 g/mol. The molecule has 1 amide bonds. The maximum atomic E-state index is 13.9. The molecule has 26 heavy (non-hydrogen) atoms. The summed E-state index contributed by atoms with van der Waals surface area (Å²) in [7, 11) is 0. The van der Waals surface area contributed by atoms with Crippen LogP contribution in [0.3, 0.4) is 0 Å². The normalized spacial score (nSPS) is 28.1. The van der Waals surface area contributed by atoms with Crippen LogP contribution in [0.2, 0.25) is 0 Å². The number of nitrogens with one attached hydrogen (secondary N) is 1. The van der Waals surface area contributed by atoms with Crippen molar-refractivity contribution in [2.75, 3.05) is 18.0 Å². The van der Waals surface area contributed by atoms with Gasteiger partial charge in [-0.3, -0.25) is 4.79 Å². The van der Waals surface area contributed by atoms with Crippen molar-refractivity contribution < 1.29 is 13.6 Å². The molecule has 8 heteroatoms. The molecule has 1 aliphatic carbocycles. The minimum absolute atomic E-state index is 0. The first-order chi connectivity index (χ1) is 11.4. The fraction of sp³-hybridized carbons (Fsp3) is 0.611. The second-order valence-corrected chi connectivity index (χ2v) is 7.31. The van der Waals surface area contributed by atoms with Gasteiger partial charge in [0.25, 0.3) is 0 Å². The lowest BCUT2D eigenvalue weighted by molar-refractivity contribution is -0.128. The molecule has 3 unspecified atom stereocenters. The SMILES string of the molecule is CC1(N)CCCCC1C(=O)NC1CCN(c2c(F)cccc2F)C1.Cl.Cl. The zero-order chi connectivity index (χ0) is 17.3. The Morgan fingerprint density at radius 2 is 1.88 bits per heavy atom. The molecule has 1 aromatic rings. The smallest absolute Gasteiger partial charge is 0.225 e. The third kappa shape index (κ3) is 4.78. The number of halogens is 4. The summed E-state index contributed by atoms with van der Waals surface area (Å²) in [5.41, 5.74) is 5.81. The molecule has 1 saturated carbocycles. The number of carbonyl (C=O) groups excluding carboxylic acids is 1.